The molecule has 4 nitrogen and oxygen atoms in total. The van der Waals surface area contributed by atoms with Crippen LogP contribution >= 0.6 is 0 Å². The number of rotatable bonds is 2. The Morgan fingerprint density at radius 3 is 2.79 bits per heavy atom. The highest BCUT2D eigenvalue weighted by Crippen LogP contribution is 2.17. The maximum absolute atomic E-state index is 12.0. The summed E-state index contributed by atoms with van der Waals surface area (Å²) < 4.78 is 5.75. The molecular formula is C15H21N3O. The Hall–Kier alpha value is -2.15. The average molecular weight is 261 g/mol. The van der Waals surface area contributed by atoms with E-state index in [2.05, 4.69) is 10.3 Å². The van der Waals surface area contributed by atoms with Crippen LogP contribution in [0.4, 0.5) is 0 Å². The van der Waals surface area contributed by atoms with Gasteiger partial charge in [-0.3, -0.25) is 9.78 Å². The van der Waals surface area contributed by atoms with Gasteiger partial charge in [0, 0.05) is 31.6 Å². The monoisotopic (exact) mass is 261 g/mol. The summed E-state index contributed by atoms with van der Waals surface area (Å²) in [5, 5.41) is 12.1. The molecular weight excluding hydrogens is 238 g/mol. The molecule has 2 rings (SSSR count). The molecule has 19 heavy (non-hydrogen) atoms. The van der Waals surface area contributed by atoms with Gasteiger partial charge in [-0.1, -0.05) is 21.3 Å². The van der Waals surface area contributed by atoms with Crippen LogP contribution in [0.2, 0.25) is 0 Å². The van der Waals surface area contributed by atoms with E-state index in [-0.39, 0.29) is 11.4 Å². The highest BCUT2D eigenvalue weighted by molar-refractivity contribution is 6.11. The van der Waals surface area contributed by atoms with Gasteiger partial charge in [-0.15, -0.1) is 0 Å². The summed E-state index contributed by atoms with van der Waals surface area (Å²) in [6, 6.07) is 5.34. The second-order valence-electron chi connectivity index (χ2n) is 3.57. The van der Waals surface area contributed by atoms with Gasteiger partial charge in [0.2, 0.25) is 5.78 Å². The van der Waals surface area contributed by atoms with Crippen LogP contribution in [0.15, 0.2) is 35.8 Å². The lowest BCUT2D eigenvalue weighted by molar-refractivity contribution is 0.103. The third-order valence-corrected chi connectivity index (χ3v) is 2.51. The van der Waals surface area contributed by atoms with Crippen LogP contribution in [-0.2, 0) is 0 Å². The van der Waals surface area contributed by atoms with E-state index in [1.54, 1.807) is 18.3 Å². The van der Waals surface area contributed by atoms with E-state index in [1.807, 2.05) is 19.9 Å². The number of nitriles is 1. The zero-order valence-electron chi connectivity index (χ0n) is 12.7. The minimum Gasteiger partial charge on any atom is -0.387 e. The van der Waals surface area contributed by atoms with E-state index in [4.69, 9.17) is 6.63 Å². The number of nitrogens with one attached hydrogen (secondary N) is 1. The predicted molar refractivity (Wildman–Crippen MR) is 76.5 cm³/mol. The molecule has 1 fully saturated rings. The number of hydrogen-bond donors (Lipinski definition) is 1. The molecule has 4 heteroatoms. The van der Waals surface area contributed by atoms with E-state index in [0.717, 1.165) is 25.1 Å². The van der Waals surface area contributed by atoms with Crippen molar-refractivity contribution >= 4 is 5.78 Å². The van der Waals surface area contributed by atoms with Crippen LogP contribution in [0.25, 0.3) is 0 Å². The largest absolute Gasteiger partial charge is 0.387 e. The van der Waals surface area contributed by atoms with Crippen LogP contribution in [0.1, 0.15) is 45.8 Å². The first kappa shape index (κ1) is 14.9. The van der Waals surface area contributed by atoms with Gasteiger partial charge >= 0.3 is 0 Å². The average Bonchev–Trinajstić information content (AvgIpc) is 3.07. The van der Waals surface area contributed by atoms with Crippen molar-refractivity contribution in [2.24, 2.45) is 0 Å². The first-order chi connectivity index (χ1) is 9.83. The van der Waals surface area contributed by atoms with Crippen LogP contribution < -0.4 is 5.32 Å². The molecule has 1 aliphatic rings. The molecule has 1 aliphatic heterocycles. The van der Waals surface area contributed by atoms with Gasteiger partial charge in [0.25, 0.3) is 0 Å². The fourth-order valence-corrected chi connectivity index (χ4v) is 1.70. The number of Topliss-reactive ketones (excluding diaryl/α,β-unsaturated/α-hetero) is 1. The van der Waals surface area contributed by atoms with Gasteiger partial charge < -0.3 is 5.32 Å². The molecule has 1 N–H and O–H groups in total. The van der Waals surface area contributed by atoms with Crippen molar-refractivity contribution in [1.82, 2.24) is 10.3 Å². The molecule has 0 radical (unpaired) electrons. The third kappa shape index (κ3) is 4.22. The van der Waals surface area contributed by atoms with Crippen LogP contribution in [-0.4, -0.2) is 17.3 Å². The maximum atomic E-state index is 12.0. The molecule has 0 spiro atoms. The molecule has 0 unspecified atom stereocenters. The molecule has 1 aromatic heterocycles. The second-order valence-corrected chi connectivity index (χ2v) is 3.57. The number of allylic oxidation sites excluding steroid dienone is 2. The lowest BCUT2D eigenvalue weighted by Gasteiger charge is -2.03. The van der Waals surface area contributed by atoms with E-state index >= 15 is 0 Å². The maximum Gasteiger partial charge on any atom is 0.206 e. The lowest BCUT2D eigenvalue weighted by atomic mass is 10.0. The zero-order valence-corrected chi connectivity index (χ0v) is 11.7. The van der Waals surface area contributed by atoms with Crippen LogP contribution in [0, 0.1) is 11.3 Å². The molecule has 0 aromatic carbocycles. The Balaban J connectivity index is 0.000000829. The molecule has 1 aromatic rings. The number of hydrogen-bond acceptors (Lipinski definition) is 4. The van der Waals surface area contributed by atoms with Gasteiger partial charge in [0.15, 0.2) is 0 Å². The van der Waals surface area contributed by atoms with Crippen molar-refractivity contribution in [1.29, 1.82) is 5.26 Å². The smallest absolute Gasteiger partial charge is 0.206 e. The highest BCUT2D eigenvalue weighted by Gasteiger charge is 2.19. The molecule has 0 saturated carbocycles. The second kappa shape index (κ2) is 8.87. The third-order valence-electron chi connectivity index (χ3n) is 2.51. The first-order valence-corrected chi connectivity index (χ1v) is 6.15. The fourth-order valence-electron chi connectivity index (χ4n) is 1.70. The summed E-state index contributed by atoms with van der Waals surface area (Å²) in [4.78, 5) is 15.9. The molecule has 2 heterocycles. The van der Waals surface area contributed by atoms with Crippen molar-refractivity contribution in [3.05, 3.63) is 41.4 Å². The minimum atomic E-state index is -0.250. The van der Waals surface area contributed by atoms with Gasteiger partial charge in [-0.25, -0.2) is 0 Å². The highest BCUT2D eigenvalue weighted by atomic mass is 16.1. The van der Waals surface area contributed by atoms with E-state index in [9.17, 15) is 4.79 Å². The van der Waals surface area contributed by atoms with E-state index < -0.39 is 0 Å². The standard InChI is InChI=1S/C12H11N3O.C2H6.CH4/c13-7-10(11-4-2-6-15-11)12(16)9-3-1-5-14-8-9;1-2;/h1,3,5,8,15H,2,4,6H2;1-2H3;1H4/b11-10-;;/i;;1T. The van der Waals surface area contributed by atoms with Crippen molar-refractivity contribution in [2.75, 3.05) is 6.54 Å². The molecule has 0 atom stereocenters. The van der Waals surface area contributed by atoms with Crippen molar-refractivity contribution < 1.29 is 6.17 Å². The van der Waals surface area contributed by atoms with Crippen LogP contribution in [0.5, 0.6) is 0 Å². The van der Waals surface area contributed by atoms with Crippen LogP contribution in [0.3, 0.4) is 0 Å². The summed E-state index contributed by atoms with van der Waals surface area (Å²) in [6.07, 6.45) is 4.83. The number of ketones is 1. The van der Waals surface area contributed by atoms with Crippen molar-refractivity contribution in [3.8, 4) is 6.07 Å². The summed E-state index contributed by atoms with van der Waals surface area (Å²) >= 11 is 0. The normalized spacial score (nSPS) is 15.4. The number of pyridine rings is 1. The van der Waals surface area contributed by atoms with E-state index in [1.165, 1.54) is 13.6 Å². The Morgan fingerprint density at radius 1 is 1.58 bits per heavy atom. The zero-order chi connectivity index (χ0) is 15.4. The molecule has 102 valence electrons. The number of carbonyl (C=O) groups excluding carboxylic acids is 1. The Bertz CT molecular complexity index is 470. The Morgan fingerprint density at radius 2 is 2.32 bits per heavy atom. The molecule has 1 saturated heterocycles. The SMILES string of the molecule is CC.N#C/C(C(=O)c1cccnc1)=C1\CCCN1.[3H]C. The number of carbonyl (C=O) groups is 1. The summed E-state index contributed by atoms with van der Waals surface area (Å²) in [5.41, 5.74) is 1.43. The fraction of sp³-hybridized carbons (Fsp3) is 0.400. The van der Waals surface area contributed by atoms with Gasteiger partial charge in [0.05, 0.1) is 0 Å². The Labute approximate surface area is 116 Å². The summed E-state index contributed by atoms with van der Waals surface area (Å²) in [5.74, 6) is -0.250. The van der Waals surface area contributed by atoms with Gasteiger partial charge in [-0.2, -0.15) is 5.26 Å². The summed E-state index contributed by atoms with van der Waals surface area (Å²) in [7, 11) is 1.25. The molecule has 0 aliphatic carbocycles. The summed E-state index contributed by atoms with van der Waals surface area (Å²) in [6.45, 7) is 4.83. The van der Waals surface area contributed by atoms with Crippen molar-refractivity contribution in [3.63, 3.8) is 0 Å². The minimum absolute atomic E-state index is 0.213. The topological polar surface area (TPSA) is 65.8 Å². The Kier molecular flexibility index (Phi) is 6.96. The predicted octanol–water partition coefficient (Wildman–Crippen LogP) is 3.09. The number of aromatic nitrogens is 1. The van der Waals surface area contributed by atoms with Crippen molar-refractivity contribution in [2.45, 2.75) is 34.1 Å². The first-order valence-electron chi connectivity index (χ1n) is 7.15. The molecule has 0 bridgehead atoms. The van der Waals surface area contributed by atoms with E-state index in [0.29, 0.717) is 5.56 Å². The van der Waals surface area contributed by atoms with Gasteiger partial charge in [0.1, 0.15) is 11.6 Å². The lowest BCUT2D eigenvalue weighted by Crippen LogP contribution is -2.12. The number of nitrogens with zero attached hydrogens (tertiary/aromatic N) is 2. The quantitative estimate of drug-likeness (QED) is 0.504. The molecule has 0 amide bonds. The van der Waals surface area contributed by atoms with Gasteiger partial charge in [-0.05, 0) is 25.0 Å².